The number of alkyl halides is 6. The van der Waals surface area contributed by atoms with Gasteiger partial charge in [0, 0.05) is 28.4 Å². The number of nitrogens with zero attached hydrogens (tertiary/aromatic N) is 1. The Bertz CT molecular complexity index is 814. The highest BCUT2D eigenvalue weighted by Gasteiger charge is 2.32. The van der Waals surface area contributed by atoms with Crippen molar-refractivity contribution in [3.05, 3.63) is 47.5 Å². The van der Waals surface area contributed by atoms with Crippen LogP contribution in [0, 0.1) is 0 Å². The van der Waals surface area contributed by atoms with Gasteiger partial charge in [0.25, 0.3) is 0 Å². The third-order valence-corrected chi connectivity index (χ3v) is 3.84. The molecule has 0 aliphatic rings. The average molecular weight is 331 g/mol. The molecule has 0 aliphatic carbocycles. The molecular weight excluding hydrogens is 320 g/mol. The third-order valence-electron chi connectivity index (χ3n) is 3.84. The summed E-state index contributed by atoms with van der Waals surface area (Å²) < 4.78 is 78.7. The van der Waals surface area contributed by atoms with Gasteiger partial charge in [0.2, 0.25) is 0 Å². The number of benzene rings is 2. The second kappa shape index (κ2) is 4.91. The summed E-state index contributed by atoms with van der Waals surface area (Å²) in [6.45, 7) is 1.95. The van der Waals surface area contributed by atoms with Gasteiger partial charge in [-0.2, -0.15) is 26.3 Å². The predicted molar refractivity (Wildman–Crippen MR) is 75.1 cm³/mol. The quantitative estimate of drug-likeness (QED) is 0.493. The zero-order valence-electron chi connectivity index (χ0n) is 11.9. The fraction of sp³-hybridized carbons (Fsp3) is 0.250. The van der Waals surface area contributed by atoms with Crippen LogP contribution in [0.15, 0.2) is 36.4 Å². The standard InChI is InChI=1S/C16H11F6N/c1-2-23-13-7-9(15(17,18)19)3-5-11(13)12-6-4-10(8-14(12)23)16(20,21)22/h3-8H,2H2,1H3. The van der Waals surface area contributed by atoms with Gasteiger partial charge >= 0.3 is 12.4 Å². The molecule has 0 unspecified atom stereocenters. The van der Waals surface area contributed by atoms with E-state index in [0.717, 1.165) is 24.3 Å². The van der Waals surface area contributed by atoms with E-state index in [2.05, 4.69) is 0 Å². The number of aromatic nitrogens is 1. The van der Waals surface area contributed by atoms with Gasteiger partial charge in [-0.3, -0.25) is 0 Å². The van der Waals surface area contributed by atoms with E-state index in [1.54, 1.807) is 6.92 Å². The molecule has 0 amide bonds. The minimum atomic E-state index is -4.50. The molecule has 7 heteroatoms. The van der Waals surface area contributed by atoms with Crippen LogP contribution >= 0.6 is 0 Å². The lowest BCUT2D eigenvalue weighted by atomic mass is 10.1. The van der Waals surface area contributed by atoms with E-state index in [0.29, 0.717) is 10.8 Å². The van der Waals surface area contributed by atoms with Gasteiger partial charge in [-0.05, 0) is 31.2 Å². The molecule has 1 nitrogen and oxygen atoms in total. The Kier molecular flexibility index (Phi) is 3.35. The summed E-state index contributed by atoms with van der Waals surface area (Å²) in [4.78, 5) is 0. The van der Waals surface area contributed by atoms with Crippen molar-refractivity contribution in [1.82, 2.24) is 4.57 Å². The van der Waals surface area contributed by atoms with Crippen LogP contribution in [0.25, 0.3) is 21.8 Å². The van der Waals surface area contributed by atoms with Crippen LogP contribution in [0.2, 0.25) is 0 Å². The maximum absolute atomic E-state index is 12.9. The first-order valence-corrected chi connectivity index (χ1v) is 6.83. The summed E-state index contributed by atoms with van der Waals surface area (Å²) in [7, 11) is 0. The molecule has 0 spiro atoms. The Labute approximate surface area is 127 Å². The number of halogens is 6. The van der Waals surface area contributed by atoms with Crippen molar-refractivity contribution < 1.29 is 26.3 Å². The van der Waals surface area contributed by atoms with Crippen LogP contribution in [0.5, 0.6) is 0 Å². The van der Waals surface area contributed by atoms with E-state index in [1.807, 2.05) is 0 Å². The summed E-state index contributed by atoms with van der Waals surface area (Å²) in [6, 6.07) is 6.46. The molecule has 0 aliphatic heterocycles. The Hall–Kier alpha value is -2.18. The molecule has 2 aromatic carbocycles. The highest BCUT2D eigenvalue weighted by Crippen LogP contribution is 2.38. The molecule has 23 heavy (non-hydrogen) atoms. The third kappa shape index (κ3) is 2.54. The summed E-state index contributed by atoms with van der Waals surface area (Å²) in [5.41, 5.74) is -1.09. The SMILES string of the molecule is CCn1c2cc(C(F)(F)F)ccc2c2ccc(C(F)(F)F)cc21. The molecule has 0 bridgehead atoms. The van der Waals surface area contributed by atoms with Gasteiger partial charge < -0.3 is 4.57 Å². The van der Waals surface area contributed by atoms with E-state index in [9.17, 15) is 26.3 Å². The summed E-state index contributed by atoms with van der Waals surface area (Å²) in [5.74, 6) is 0. The Morgan fingerprint density at radius 2 is 1.13 bits per heavy atom. The van der Waals surface area contributed by atoms with E-state index in [-0.39, 0.29) is 17.6 Å². The van der Waals surface area contributed by atoms with Gasteiger partial charge in [0.15, 0.2) is 0 Å². The molecule has 0 saturated heterocycles. The first-order chi connectivity index (χ1) is 10.6. The minimum absolute atomic E-state index is 0.266. The molecule has 0 N–H and O–H groups in total. The highest BCUT2D eigenvalue weighted by molar-refractivity contribution is 6.08. The van der Waals surface area contributed by atoms with Crippen molar-refractivity contribution in [2.75, 3.05) is 0 Å². The number of rotatable bonds is 1. The lowest BCUT2D eigenvalue weighted by Gasteiger charge is -2.09. The maximum atomic E-state index is 12.9. The van der Waals surface area contributed by atoms with Crippen LogP contribution in [0.3, 0.4) is 0 Å². The first-order valence-electron chi connectivity index (χ1n) is 6.83. The van der Waals surface area contributed by atoms with Crippen molar-refractivity contribution in [3.8, 4) is 0 Å². The lowest BCUT2D eigenvalue weighted by Crippen LogP contribution is -2.05. The molecular formula is C16H11F6N. The minimum Gasteiger partial charge on any atom is -0.341 e. The maximum Gasteiger partial charge on any atom is 0.416 e. The normalized spacial score (nSPS) is 13.2. The van der Waals surface area contributed by atoms with E-state index >= 15 is 0 Å². The first kappa shape index (κ1) is 15.7. The highest BCUT2D eigenvalue weighted by atomic mass is 19.4. The van der Waals surface area contributed by atoms with Crippen molar-refractivity contribution in [2.24, 2.45) is 0 Å². The molecule has 3 aromatic rings. The molecule has 1 aromatic heterocycles. The van der Waals surface area contributed by atoms with Gasteiger partial charge in [0.05, 0.1) is 11.1 Å². The predicted octanol–water partition coefficient (Wildman–Crippen LogP) is 5.85. The second-order valence-corrected chi connectivity index (χ2v) is 5.20. The van der Waals surface area contributed by atoms with Crippen molar-refractivity contribution in [1.29, 1.82) is 0 Å². The molecule has 0 radical (unpaired) electrons. The van der Waals surface area contributed by atoms with Gasteiger partial charge in [-0.1, -0.05) is 12.1 Å². The Balaban J connectivity index is 2.37. The lowest BCUT2D eigenvalue weighted by molar-refractivity contribution is -0.138. The van der Waals surface area contributed by atoms with Crippen molar-refractivity contribution >= 4 is 21.8 Å². The zero-order chi connectivity index (χ0) is 17.0. The monoisotopic (exact) mass is 331 g/mol. The molecule has 122 valence electrons. The van der Waals surface area contributed by atoms with Crippen LogP contribution in [0.1, 0.15) is 18.1 Å². The number of fused-ring (bicyclic) bond motifs is 3. The summed E-state index contributed by atoms with van der Waals surface area (Å²) in [5, 5.41) is 1.01. The number of aryl methyl sites for hydroxylation is 1. The van der Waals surface area contributed by atoms with Crippen LogP contribution in [-0.2, 0) is 18.9 Å². The summed E-state index contributed by atoms with van der Waals surface area (Å²) >= 11 is 0. The molecule has 0 fully saturated rings. The molecule has 0 saturated carbocycles. The van der Waals surface area contributed by atoms with Gasteiger partial charge in [-0.15, -0.1) is 0 Å². The largest absolute Gasteiger partial charge is 0.416 e. The topological polar surface area (TPSA) is 4.93 Å². The van der Waals surface area contributed by atoms with Crippen LogP contribution < -0.4 is 0 Å². The fourth-order valence-corrected chi connectivity index (χ4v) is 2.79. The van der Waals surface area contributed by atoms with Crippen LogP contribution in [-0.4, -0.2) is 4.57 Å². The average Bonchev–Trinajstić information content (AvgIpc) is 2.77. The van der Waals surface area contributed by atoms with E-state index < -0.39 is 23.5 Å². The summed E-state index contributed by atoms with van der Waals surface area (Å²) in [6.07, 6.45) is -9.00. The number of hydrogen-bond donors (Lipinski definition) is 0. The number of hydrogen-bond acceptors (Lipinski definition) is 0. The molecule has 0 atom stereocenters. The van der Waals surface area contributed by atoms with E-state index in [1.165, 1.54) is 16.7 Å². The van der Waals surface area contributed by atoms with E-state index in [4.69, 9.17) is 0 Å². The molecule has 3 rings (SSSR count). The Morgan fingerprint density at radius 1 is 0.739 bits per heavy atom. The van der Waals surface area contributed by atoms with Crippen molar-refractivity contribution in [3.63, 3.8) is 0 Å². The Morgan fingerprint density at radius 3 is 1.43 bits per heavy atom. The van der Waals surface area contributed by atoms with Crippen molar-refractivity contribution in [2.45, 2.75) is 25.8 Å². The fourth-order valence-electron chi connectivity index (χ4n) is 2.79. The zero-order valence-corrected chi connectivity index (χ0v) is 11.9. The molecule has 1 heterocycles. The van der Waals surface area contributed by atoms with Crippen LogP contribution in [0.4, 0.5) is 26.3 Å². The second-order valence-electron chi connectivity index (χ2n) is 5.20. The van der Waals surface area contributed by atoms with Gasteiger partial charge in [0.1, 0.15) is 0 Å². The van der Waals surface area contributed by atoms with Gasteiger partial charge in [-0.25, -0.2) is 0 Å². The smallest absolute Gasteiger partial charge is 0.341 e.